The van der Waals surface area contributed by atoms with Gasteiger partial charge in [0.25, 0.3) is 0 Å². The maximum Gasteiger partial charge on any atom is 0.242 e. The molecule has 0 aliphatic heterocycles. The van der Waals surface area contributed by atoms with Crippen LogP contribution >= 0.6 is 0 Å². The van der Waals surface area contributed by atoms with E-state index in [1.54, 1.807) is 31.3 Å². The fourth-order valence-electron chi connectivity index (χ4n) is 1.58. The van der Waals surface area contributed by atoms with E-state index in [-0.39, 0.29) is 17.5 Å². The molecule has 0 heterocycles. The lowest BCUT2D eigenvalue weighted by Gasteiger charge is -2.16. The third-order valence-corrected chi connectivity index (χ3v) is 4.11. The number of methoxy groups -OCH3 is 2. The molecule has 0 saturated heterocycles. The first kappa shape index (κ1) is 15.9. The summed E-state index contributed by atoms with van der Waals surface area (Å²) in [5.41, 5.74) is 0.552. The molecule has 2 N–H and O–H groups in total. The zero-order chi connectivity index (χ0) is 14.3. The van der Waals surface area contributed by atoms with Gasteiger partial charge in [-0.05, 0) is 12.1 Å². The molecule has 1 aromatic rings. The van der Waals surface area contributed by atoms with Crippen molar-refractivity contribution in [2.45, 2.75) is 11.0 Å². The van der Waals surface area contributed by atoms with Crippen LogP contribution in [-0.2, 0) is 19.5 Å². The van der Waals surface area contributed by atoms with Crippen LogP contribution in [0, 0.1) is 0 Å². The van der Waals surface area contributed by atoms with Gasteiger partial charge in [0.15, 0.2) is 0 Å². The van der Waals surface area contributed by atoms with Gasteiger partial charge in [-0.25, -0.2) is 13.1 Å². The van der Waals surface area contributed by atoms with Gasteiger partial charge < -0.3 is 14.8 Å². The molecule has 0 aromatic heterocycles. The van der Waals surface area contributed by atoms with Crippen molar-refractivity contribution in [3.8, 4) is 0 Å². The van der Waals surface area contributed by atoms with Crippen molar-refractivity contribution in [2.24, 2.45) is 0 Å². The van der Waals surface area contributed by atoms with Crippen LogP contribution in [0.25, 0.3) is 0 Å². The number of rotatable bonds is 8. The molecule has 0 saturated carbocycles. The van der Waals surface area contributed by atoms with Crippen LogP contribution in [0.5, 0.6) is 0 Å². The fourth-order valence-corrected chi connectivity index (χ4v) is 2.86. The van der Waals surface area contributed by atoms with E-state index in [0.717, 1.165) is 0 Å². The highest BCUT2D eigenvalue weighted by molar-refractivity contribution is 7.89. The van der Waals surface area contributed by atoms with E-state index in [2.05, 4.69) is 10.0 Å². The summed E-state index contributed by atoms with van der Waals surface area (Å²) in [6, 6.07) is 6.70. The van der Waals surface area contributed by atoms with Crippen LogP contribution in [0.15, 0.2) is 29.2 Å². The second-order valence-electron chi connectivity index (χ2n) is 3.91. The van der Waals surface area contributed by atoms with Gasteiger partial charge in [-0.1, -0.05) is 12.1 Å². The molecule has 0 fully saturated rings. The molecule has 0 radical (unpaired) electrons. The Morgan fingerprint density at radius 3 is 2.53 bits per heavy atom. The molecule has 0 aliphatic rings. The van der Waals surface area contributed by atoms with Gasteiger partial charge in [0, 0.05) is 27.8 Å². The summed E-state index contributed by atoms with van der Waals surface area (Å²) in [6.07, 6.45) is -0.318. The van der Waals surface area contributed by atoms with Crippen LogP contribution in [0.2, 0.25) is 0 Å². The Kier molecular flexibility index (Phi) is 6.23. The number of ether oxygens (including phenoxy) is 2. The second-order valence-corrected chi connectivity index (χ2v) is 5.65. The summed E-state index contributed by atoms with van der Waals surface area (Å²) in [5.74, 6) is 0. The van der Waals surface area contributed by atoms with Gasteiger partial charge in [0.2, 0.25) is 10.0 Å². The lowest BCUT2D eigenvalue weighted by Crippen LogP contribution is -2.35. The van der Waals surface area contributed by atoms with E-state index in [0.29, 0.717) is 12.3 Å². The lowest BCUT2D eigenvalue weighted by atomic mass is 10.3. The smallest absolute Gasteiger partial charge is 0.242 e. The number of hydrogen-bond donors (Lipinski definition) is 2. The van der Waals surface area contributed by atoms with Crippen molar-refractivity contribution >= 4 is 15.7 Å². The van der Waals surface area contributed by atoms with Crippen molar-refractivity contribution in [2.75, 3.05) is 39.7 Å². The van der Waals surface area contributed by atoms with Crippen LogP contribution in [-0.4, -0.2) is 48.9 Å². The van der Waals surface area contributed by atoms with Gasteiger partial charge in [-0.2, -0.15) is 0 Å². The molecular formula is C12H20N2O4S. The minimum Gasteiger partial charge on any atom is -0.387 e. The largest absolute Gasteiger partial charge is 0.387 e. The van der Waals surface area contributed by atoms with Gasteiger partial charge in [-0.15, -0.1) is 0 Å². The fraction of sp³-hybridized carbons (Fsp3) is 0.500. The minimum absolute atomic E-state index is 0.157. The Bertz CT molecular complexity index is 490. The normalized spacial score (nSPS) is 13.2. The van der Waals surface area contributed by atoms with Gasteiger partial charge in [0.05, 0.1) is 18.4 Å². The lowest BCUT2D eigenvalue weighted by molar-refractivity contribution is 0.0320. The summed E-state index contributed by atoms with van der Waals surface area (Å²) < 4.78 is 36.9. The van der Waals surface area contributed by atoms with E-state index in [4.69, 9.17) is 9.47 Å². The number of hydrogen-bond acceptors (Lipinski definition) is 5. The molecule has 6 nitrogen and oxygen atoms in total. The third-order valence-electron chi connectivity index (χ3n) is 2.63. The van der Waals surface area contributed by atoms with Gasteiger partial charge in [0.1, 0.15) is 4.90 Å². The average Bonchev–Trinajstić information content (AvgIpc) is 2.43. The van der Waals surface area contributed by atoms with Crippen molar-refractivity contribution in [3.05, 3.63) is 24.3 Å². The molecular weight excluding hydrogens is 268 g/mol. The molecule has 108 valence electrons. The Morgan fingerprint density at radius 1 is 1.26 bits per heavy atom. The molecule has 1 atom stereocenters. The van der Waals surface area contributed by atoms with E-state index in [9.17, 15) is 8.42 Å². The monoisotopic (exact) mass is 288 g/mol. The minimum atomic E-state index is -3.57. The number of benzene rings is 1. The molecule has 0 aliphatic carbocycles. The molecule has 1 rings (SSSR count). The first-order valence-electron chi connectivity index (χ1n) is 5.83. The maximum absolute atomic E-state index is 12.2. The Hall–Kier alpha value is -1.15. The van der Waals surface area contributed by atoms with E-state index >= 15 is 0 Å². The van der Waals surface area contributed by atoms with Crippen molar-refractivity contribution in [1.82, 2.24) is 4.72 Å². The van der Waals surface area contributed by atoms with Crippen LogP contribution in [0.4, 0.5) is 5.69 Å². The van der Waals surface area contributed by atoms with Crippen LogP contribution in [0.1, 0.15) is 0 Å². The predicted octanol–water partition coefficient (Wildman–Crippen LogP) is 0.668. The first-order chi connectivity index (χ1) is 9.05. The summed E-state index contributed by atoms with van der Waals surface area (Å²) >= 11 is 0. The Morgan fingerprint density at radius 2 is 1.95 bits per heavy atom. The SMILES string of the molecule is CNc1ccccc1S(=O)(=O)NCC(COC)OC. The van der Waals surface area contributed by atoms with Crippen molar-refractivity contribution in [3.63, 3.8) is 0 Å². The standard InChI is InChI=1S/C12H20N2O4S/c1-13-11-6-4-5-7-12(11)19(15,16)14-8-10(18-3)9-17-2/h4-7,10,13-14H,8-9H2,1-3H3. The maximum atomic E-state index is 12.2. The molecule has 19 heavy (non-hydrogen) atoms. The third kappa shape index (κ3) is 4.46. The van der Waals surface area contributed by atoms with Crippen molar-refractivity contribution in [1.29, 1.82) is 0 Å². The highest BCUT2D eigenvalue weighted by atomic mass is 32.2. The zero-order valence-corrected chi connectivity index (χ0v) is 12.2. The highest BCUT2D eigenvalue weighted by Crippen LogP contribution is 2.19. The Labute approximate surface area is 114 Å². The number of sulfonamides is 1. The first-order valence-corrected chi connectivity index (χ1v) is 7.31. The summed E-state index contributed by atoms with van der Waals surface area (Å²) in [7, 11) is 1.16. The highest BCUT2D eigenvalue weighted by Gasteiger charge is 2.19. The van der Waals surface area contributed by atoms with Crippen LogP contribution < -0.4 is 10.0 Å². The second kappa shape index (κ2) is 7.44. The molecule has 7 heteroatoms. The van der Waals surface area contributed by atoms with Gasteiger partial charge in [-0.3, -0.25) is 0 Å². The topological polar surface area (TPSA) is 76.7 Å². The molecule has 0 amide bonds. The Balaban J connectivity index is 2.81. The number of nitrogens with one attached hydrogen (secondary N) is 2. The molecule has 1 aromatic carbocycles. The zero-order valence-electron chi connectivity index (χ0n) is 11.3. The average molecular weight is 288 g/mol. The summed E-state index contributed by atoms with van der Waals surface area (Å²) in [5, 5.41) is 2.85. The number of anilines is 1. The van der Waals surface area contributed by atoms with E-state index in [1.165, 1.54) is 14.2 Å². The summed E-state index contributed by atoms with van der Waals surface area (Å²) in [6.45, 7) is 0.484. The predicted molar refractivity (Wildman–Crippen MR) is 73.9 cm³/mol. The molecule has 1 unspecified atom stereocenters. The van der Waals surface area contributed by atoms with Crippen molar-refractivity contribution < 1.29 is 17.9 Å². The molecule has 0 bridgehead atoms. The van der Waals surface area contributed by atoms with E-state index < -0.39 is 10.0 Å². The summed E-state index contributed by atoms with van der Waals surface area (Å²) in [4.78, 5) is 0.213. The quantitative estimate of drug-likeness (QED) is 0.735. The van der Waals surface area contributed by atoms with Crippen LogP contribution in [0.3, 0.4) is 0 Å². The van der Waals surface area contributed by atoms with Gasteiger partial charge >= 0.3 is 0 Å². The molecule has 0 spiro atoms. The van der Waals surface area contributed by atoms with E-state index in [1.807, 2.05) is 0 Å². The number of para-hydroxylation sites is 1.